The second kappa shape index (κ2) is 8.47. The number of rotatable bonds is 5. The molecule has 114 valence electrons. The van der Waals surface area contributed by atoms with Gasteiger partial charge < -0.3 is 4.74 Å². The summed E-state index contributed by atoms with van der Waals surface area (Å²) in [6, 6.07) is 14.0. The number of hydrogen-bond donors (Lipinski definition) is 1. The van der Waals surface area contributed by atoms with Crippen molar-refractivity contribution in [1.82, 2.24) is 5.43 Å². The molecule has 0 aliphatic carbocycles. The molecular formula is C16H14I2N2O2. The molecule has 0 fully saturated rings. The van der Waals surface area contributed by atoms with Gasteiger partial charge in [-0.1, -0.05) is 12.1 Å². The molecule has 22 heavy (non-hydrogen) atoms. The van der Waals surface area contributed by atoms with Crippen LogP contribution >= 0.6 is 45.2 Å². The molecule has 2 aromatic carbocycles. The fourth-order valence-electron chi connectivity index (χ4n) is 1.65. The molecule has 0 aromatic heterocycles. The summed E-state index contributed by atoms with van der Waals surface area (Å²) >= 11 is 4.50. The molecule has 6 heteroatoms. The van der Waals surface area contributed by atoms with E-state index in [1.165, 1.54) is 10.5 Å². The number of carbonyl (C=O) groups excluding carboxylic acids is 1. The second-order valence-corrected chi connectivity index (χ2v) is 6.94. The van der Waals surface area contributed by atoms with Gasteiger partial charge in [0.2, 0.25) is 5.91 Å². The summed E-state index contributed by atoms with van der Waals surface area (Å²) in [5, 5.41) is 3.84. The third-order valence-corrected chi connectivity index (χ3v) is 4.26. The van der Waals surface area contributed by atoms with Crippen LogP contribution in [0.3, 0.4) is 0 Å². The average Bonchev–Trinajstić information content (AvgIpc) is 2.48. The fraction of sp³-hybridized carbons (Fsp3) is 0.125. The van der Waals surface area contributed by atoms with E-state index in [4.69, 9.17) is 4.74 Å². The van der Waals surface area contributed by atoms with Crippen LogP contribution in [0.5, 0.6) is 5.75 Å². The van der Waals surface area contributed by atoms with Gasteiger partial charge in [-0.05, 0) is 86.6 Å². The normalized spacial score (nSPS) is 10.7. The topological polar surface area (TPSA) is 50.7 Å². The first-order valence-corrected chi connectivity index (χ1v) is 8.67. The predicted octanol–water partition coefficient (Wildman–Crippen LogP) is 3.94. The highest BCUT2D eigenvalue weighted by atomic mass is 127. The summed E-state index contributed by atoms with van der Waals surface area (Å²) in [6.45, 7) is 1.95. The zero-order valence-corrected chi connectivity index (χ0v) is 16.2. The summed E-state index contributed by atoms with van der Waals surface area (Å²) < 4.78 is 8.04. The van der Waals surface area contributed by atoms with Gasteiger partial charge in [-0.3, -0.25) is 4.79 Å². The summed E-state index contributed by atoms with van der Waals surface area (Å²) in [5.41, 5.74) is 4.41. The Hall–Kier alpha value is -1.16. The molecule has 0 saturated heterocycles. The van der Waals surface area contributed by atoms with Gasteiger partial charge in [-0.15, -0.1) is 0 Å². The van der Waals surface area contributed by atoms with Crippen molar-refractivity contribution in [1.29, 1.82) is 0 Å². The first-order valence-electron chi connectivity index (χ1n) is 6.51. The molecule has 0 spiro atoms. The predicted molar refractivity (Wildman–Crippen MR) is 104 cm³/mol. The number of hydrazone groups is 1. The van der Waals surface area contributed by atoms with Crippen LogP contribution in [0.25, 0.3) is 0 Å². The Morgan fingerprint density at radius 1 is 1.23 bits per heavy atom. The molecule has 4 nitrogen and oxygen atoms in total. The summed E-state index contributed by atoms with van der Waals surface area (Å²) in [4.78, 5) is 10.7. The SMILES string of the molecule is CC(=O)N/N=C\c1ccc(OCc2ccc(I)cc2)c(I)c1. The molecule has 2 rings (SSSR count). The lowest BCUT2D eigenvalue weighted by molar-refractivity contribution is -0.118. The van der Waals surface area contributed by atoms with E-state index in [2.05, 4.69) is 80.0 Å². The molecule has 0 aliphatic rings. The average molecular weight is 520 g/mol. The molecule has 0 saturated carbocycles. The van der Waals surface area contributed by atoms with Crippen molar-refractivity contribution in [3.05, 3.63) is 60.7 Å². The van der Waals surface area contributed by atoms with Gasteiger partial charge in [0.25, 0.3) is 0 Å². The van der Waals surface area contributed by atoms with E-state index in [0.29, 0.717) is 6.61 Å². The van der Waals surface area contributed by atoms with Crippen LogP contribution in [0.4, 0.5) is 0 Å². The lowest BCUT2D eigenvalue weighted by Crippen LogP contribution is -2.12. The van der Waals surface area contributed by atoms with Crippen molar-refractivity contribution in [2.24, 2.45) is 5.10 Å². The molecule has 2 aromatic rings. The van der Waals surface area contributed by atoms with Gasteiger partial charge in [0, 0.05) is 10.5 Å². The Balaban J connectivity index is 1.98. The van der Waals surface area contributed by atoms with E-state index >= 15 is 0 Å². The van der Waals surface area contributed by atoms with Crippen LogP contribution in [0, 0.1) is 7.14 Å². The number of hydrogen-bond acceptors (Lipinski definition) is 3. The standard InChI is InChI=1S/C16H14I2N2O2/c1-11(21)20-19-9-13-4-7-16(15(18)8-13)22-10-12-2-5-14(17)6-3-12/h2-9H,10H2,1H3,(H,20,21)/b19-9-. The van der Waals surface area contributed by atoms with E-state index < -0.39 is 0 Å². The van der Waals surface area contributed by atoms with Crippen molar-refractivity contribution in [3.8, 4) is 5.75 Å². The molecule has 0 radical (unpaired) electrons. The fourth-order valence-corrected chi connectivity index (χ4v) is 2.71. The van der Waals surface area contributed by atoms with Crippen LogP contribution in [-0.4, -0.2) is 12.1 Å². The Labute approximate surface area is 156 Å². The Kier molecular flexibility index (Phi) is 6.62. The van der Waals surface area contributed by atoms with Gasteiger partial charge >= 0.3 is 0 Å². The van der Waals surface area contributed by atoms with E-state index in [0.717, 1.165) is 20.4 Å². The van der Waals surface area contributed by atoms with Crippen molar-refractivity contribution in [3.63, 3.8) is 0 Å². The van der Waals surface area contributed by atoms with Crippen LogP contribution in [0.15, 0.2) is 47.6 Å². The number of amides is 1. The third-order valence-electron chi connectivity index (χ3n) is 2.70. The number of ether oxygens (including phenoxy) is 1. The van der Waals surface area contributed by atoms with Crippen LogP contribution in [0.1, 0.15) is 18.1 Å². The maximum absolute atomic E-state index is 10.7. The highest BCUT2D eigenvalue weighted by Crippen LogP contribution is 2.22. The second-order valence-electron chi connectivity index (χ2n) is 4.53. The van der Waals surface area contributed by atoms with E-state index in [9.17, 15) is 4.79 Å². The molecule has 0 heterocycles. The molecule has 1 amide bonds. The van der Waals surface area contributed by atoms with Gasteiger partial charge in [0.1, 0.15) is 12.4 Å². The third kappa shape index (κ3) is 5.56. The minimum absolute atomic E-state index is 0.191. The minimum Gasteiger partial charge on any atom is -0.488 e. The number of halogens is 2. The highest BCUT2D eigenvalue weighted by molar-refractivity contribution is 14.1. The number of carbonyl (C=O) groups is 1. The molecule has 0 atom stereocenters. The quantitative estimate of drug-likeness (QED) is 0.369. The van der Waals surface area contributed by atoms with Crippen LogP contribution in [0.2, 0.25) is 0 Å². The maximum Gasteiger partial charge on any atom is 0.236 e. The van der Waals surface area contributed by atoms with Crippen molar-refractivity contribution >= 4 is 57.3 Å². The summed E-state index contributed by atoms with van der Waals surface area (Å²) in [6.07, 6.45) is 1.60. The molecule has 1 N–H and O–H groups in total. The largest absolute Gasteiger partial charge is 0.488 e. The molecular weight excluding hydrogens is 506 g/mol. The van der Waals surface area contributed by atoms with Crippen molar-refractivity contribution in [2.75, 3.05) is 0 Å². The molecule has 0 bridgehead atoms. The Morgan fingerprint density at radius 2 is 1.95 bits per heavy atom. The Bertz CT molecular complexity index is 685. The first-order chi connectivity index (χ1) is 10.5. The van der Waals surface area contributed by atoms with Gasteiger partial charge in [0.05, 0.1) is 9.78 Å². The maximum atomic E-state index is 10.7. The Morgan fingerprint density at radius 3 is 2.59 bits per heavy atom. The lowest BCUT2D eigenvalue weighted by Gasteiger charge is -2.09. The monoisotopic (exact) mass is 520 g/mol. The van der Waals surface area contributed by atoms with Gasteiger partial charge in [0.15, 0.2) is 0 Å². The number of benzene rings is 2. The molecule has 0 aliphatic heterocycles. The van der Waals surface area contributed by atoms with Crippen molar-refractivity contribution in [2.45, 2.75) is 13.5 Å². The van der Waals surface area contributed by atoms with E-state index in [1.807, 2.05) is 18.2 Å². The lowest BCUT2D eigenvalue weighted by atomic mass is 10.2. The summed E-state index contributed by atoms with van der Waals surface area (Å²) in [7, 11) is 0. The van der Waals surface area contributed by atoms with Gasteiger partial charge in [-0.25, -0.2) is 5.43 Å². The van der Waals surface area contributed by atoms with E-state index in [-0.39, 0.29) is 5.91 Å². The minimum atomic E-state index is -0.191. The number of nitrogens with one attached hydrogen (secondary N) is 1. The van der Waals surface area contributed by atoms with Crippen molar-refractivity contribution < 1.29 is 9.53 Å². The van der Waals surface area contributed by atoms with Crippen LogP contribution < -0.4 is 10.2 Å². The zero-order valence-electron chi connectivity index (χ0n) is 11.8. The number of nitrogens with zero attached hydrogens (tertiary/aromatic N) is 1. The summed E-state index contributed by atoms with van der Waals surface area (Å²) in [5.74, 6) is 0.638. The highest BCUT2D eigenvalue weighted by Gasteiger charge is 2.03. The van der Waals surface area contributed by atoms with Gasteiger partial charge in [-0.2, -0.15) is 5.10 Å². The first kappa shape index (κ1) is 17.2. The zero-order chi connectivity index (χ0) is 15.9. The smallest absolute Gasteiger partial charge is 0.236 e. The molecule has 0 unspecified atom stereocenters. The van der Waals surface area contributed by atoms with E-state index in [1.54, 1.807) is 6.21 Å². The van der Waals surface area contributed by atoms with Crippen LogP contribution in [-0.2, 0) is 11.4 Å².